The van der Waals surface area contributed by atoms with Gasteiger partial charge in [0.15, 0.2) is 11.5 Å². The molecule has 0 aliphatic carbocycles. The first kappa shape index (κ1) is 21.0. The number of piperazine rings is 1. The number of likely N-dealkylation sites (N-methyl/N-ethyl adjacent to an activating group) is 1. The molecule has 29 heavy (non-hydrogen) atoms. The number of amides is 1. The van der Waals surface area contributed by atoms with Crippen LogP contribution in [0.3, 0.4) is 0 Å². The van der Waals surface area contributed by atoms with E-state index in [0.29, 0.717) is 30.9 Å². The monoisotopic (exact) mass is 397 g/mol. The minimum Gasteiger partial charge on any atom is -0.493 e. The van der Waals surface area contributed by atoms with Gasteiger partial charge in [0, 0.05) is 44.8 Å². The van der Waals surface area contributed by atoms with Crippen molar-refractivity contribution < 1.29 is 14.3 Å². The van der Waals surface area contributed by atoms with E-state index in [-0.39, 0.29) is 5.91 Å². The van der Waals surface area contributed by atoms with E-state index in [1.54, 1.807) is 14.2 Å². The van der Waals surface area contributed by atoms with Gasteiger partial charge in [0.1, 0.15) is 0 Å². The van der Waals surface area contributed by atoms with Crippen LogP contribution >= 0.6 is 0 Å². The summed E-state index contributed by atoms with van der Waals surface area (Å²) in [6, 6.07) is 14.3. The standard InChI is InChI=1S/C23H31N3O3/c1-25-12-14-26(15-13-25)20-8-4-19(5-9-20)17-24-23(27)11-7-18-6-10-21(28-2)22(16-18)29-3/h4-6,8-10,16H,7,11-15,17H2,1-3H3,(H,24,27). The molecule has 1 amide bonds. The first-order valence-electron chi connectivity index (χ1n) is 10.1. The third kappa shape index (κ3) is 5.87. The minimum atomic E-state index is 0.0444. The highest BCUT2D eigenvalue weighted by molar-refractivity contribution is 5.76. The summed E-state index contributed by atoms with van der Waals surface area (Å²) in [5, 5.41) is 3.01. The highest BCUT2D eigenvalue weighted by atomic mass is 16.5. The summed E-state index contributed by atoms with van der Waals surface area (Å²) in [6.07, 6.45) is 1.10. The van der Waals surface area contributed by atoms with Gasteiger partial charge in [-0.05, 0) is 48.9 Å². The molecule has 0 radical (unpaired) electrons. The van der Waals surface area contributed by atoms with Gasteiger partial charge in [0.05, 0.1) is 14.2 Å². The molecule has 1 N–H and O–H groups in total. The summed E-state index contributed by atoms with van der Waals surface area (Å²) >= 11 is 0. The molecular weight excluding hydrogens is 366 g/mol. The normalized spacial score (nSPS) is 14.5. The lowest BCUT2D eigenvalue weighted by Gasteiger charge is -2.34. The number of benzene rings is 2. The van der Waals surface area contributed by atoms with E-state index in [1.165, 1.54) is 5.69 Å². The van der Waals surface area contributed by atoms with Crippen molar-refractivity contribution >= 4 is 11.6 Å². The Kier molecular flexibility index (Phi) is 7.36. The van der Waals surface area contributed by atoms with Gasteiger partial charge in [0.2, 0.25) is 5.91 Å². The molecule has 1 fully saturated rings. The Bertz CT molecular complexity index is 800. The Labute approximate surface area is 173 Å². The lowest BCUT2D eigenvalue weighted by atomic mass is 10.1. The van der Waals surface area contributed by atoms with E-state index in [2.05, 4.69) is 46.4 Å². The predicted octanol–water partition coefficient (Wildman–Crippen LogP) is 2.70. The smallest absolute Gasteiger partial charge is 0.220 e. The van der Waals surface area contributed by atoms with Gasteiger partial charge in [-0.3, -0.25) is 4.79 Å². The second-order valence-corrected chi connectivity index (χ2v) is 7.42. The van der Waals surface area contributed by atoms with Crippen molar-refractivity contribution in [3.05, 3.63) is 53.6 Å². The van der Waals surface area contributed by atoms with Crippen molar-refractivity contribution in [3.63, 3.8) is 0 Å². The summed E-state index contributed by atoms with van der Waals surface area (Å²) in [5.74, 6) is 1.43. The molecule has 1 aliphatic rings. The zero-order valence-corrected chi connectivity index (χ0v) is 17.6. The first-order valence-corrected chi connectivity index (χ1v) is 10.1. The van der Waals surface area contributed by atoms with Crippen LogP contribution in [-0.2, 0) is 17.8 Å². The Balaban J connectivity index is 1.44. The quantitative estimate of drug-likeness (QED) is 0.742. The molecule has 6 heteroatoms. The number of nitrogens with zero attached hydrogens (tertiary/aromatic N) is 2. The highest BCUT2D eigenvalue weighted by Gasteiger charge is 2.14. The number of carbonyl (C=O) groups is 1. The van der Waals surface area contributed by atoms with E-state index < -0.39 is 0 Å². The van der Waals surface area contributed by atoms with E-state index in [4.69, 9.17) is 9.47 Å². The molecule has 0 saturated carbocycles. The van der Waals surface area contributed by atoms with Crippen LogP contribution in [0.1, 0.15) is 17.5 Å². The Morgan fingerprint density at radius 1 is 0.931 bits per heavy atom. The fourth-order valence-corrected chi connectivity index (χ4v) is 3.47. The van der Waals surface area contributed by atoms with Crippen LogP contribution in [0.5, 0.6) is 11.5 Å². The Morgan fingerprint density at radius 2 is 1.59 bits per heavy atom. The van der Waals surface area contributed by atoms with Gasteiger partial charge in [-0.1, -0.05) is 18.2 Å². The third-order valence-electron chi connectivity index (χ3n) is 5.38. The highest BCUT2D eigenvalue weighted by Crippen LogP contribution is 2.28. The molecule has 156 valence electrons. The van der Waals surface area contributed by atoms with Crippen molar-refractivity contribution in [3.8, 4) is 11.5 Å². The van der Waals surface area contributed by atoms with Gasteiger partial charge < -0.3 is 24.6 Å². The van der Waals surface area contributed by atoms with Crippen LogP contribution in [0.2, 0.25) is 0 Å². The molecule has 0 unspecified atom stereocenters. The molecule has 2 aromatic rings. The van der Waals surface area contributed by atoms with Crippen LogP contribution in [-0.4, -0.2) is 58.3 Å². The molecule has 3 rings (SSSR count). The number of methoxy groups -OCH3 is 2. The largest absolute Gasteiger partial charge is 0.493 e. The summed E-state index contributed by atoms with van der Waals surface area (Å²) in [5.41, 5.74) is 3.42. The molecule has 0 atom stereocenters. The van der Waals surface area contributed by atoms with E-state index in [9.17, 15) is 4.79 Å². The average molecular weight is 398 g/mol. The SMILES string of the molecule is COc1ccc(CCC(=O)NCc2ccc(N3CCN(C)CC3)cc2)cc1OC. The summed E-state index contributed by atoms with van der Waals surface area (Å²) in [4.78, 5) is 17.0. The lowest BCUT2D eigenvalue weighted by molar-refractivity contribution is -0.121. The fraction of sp³-hybridized carbons (Fsp3) is 0.435. The van der Waals surface area contributed by atoms with Gasteiger partial charge in [0.25, 0.3) is 0 Å². The van der Waals surface area contributed by atoms with Crippen molar-refractivity contribution in [1.82, 2.24) is 10.2 Å². The number of nitrogens with one attached hydrogen (secondary N) is 1. The van der Waals surface area contributed by atoms with Crippen LogP contribution < -0.4 is 19.7 Å². The van der Waals surface area contributed by atoms with Crippen molar-refractivity contribution in [2.24, 2.45) is 0 Å². The maximum Gasteiger partial charge on any atom is 0.220 e. The number of hydrogen-bond donors (Lipinski definition) is 1. The second kappa shape index (κ2) is 10.2. The maximum absolute atomic E-state index is 12.2. The molecule has 1 saturated heterocycles. The third-order valence-corrected chi connectivity index (χ3v) is 5.38. The predicted molar refractivity (Wildman–Crippen MR) is 116 cm³/mol. The average Bonchev–Trinajstić information content (AvgIpc) is 2.77. The number of carbonyl (C=O) groups excluding carboxylic acids is 1. The van der Waals surface area contributed by atoms with Crippen LogP contribution in [0.15, 0.2) is 42.5 Å². The molecule has 0 spiro atoms. The molecule has 6 nitrogen and oxygen atoms in total. The first-order chi connectivity index (χ1) is 14.1. The van der Waals surface area contributed by atoms with E-state index in [1.807, 2.05) is 18.2 Å². The number of hydrogen-bond acceptors (Lipinski definition) is 5. The van der Waals surface area contributed by atoms with Gasteiger partial charge in [-0.15, -0.1) is 0 Å². The molecule has 1 aliphatic heterocycles. The molecule has 1 heterocycles. The number of ether oxygens (including phenoxy) is 2. The summed E-state index contributed by atoms with van der Waals surface area (Å²) in [6.45, 7) is 4.86. The number of rotatable bonds is 8. The van der Waals surface area contributed by atoms with Crippen molar-refractivity contribution in [2.45, 2.75) is 19.4 Å². The lowest BCUT2D eigenvalue weighted by Crippen LogP contribution is -2.44. The minimum absolute atomic E-state index is 0.0444. The maximum atomic E-state index is 12.2. The second-order valence-electron chi connectivity index (χ2n) is 7.42. The summed E-state index contributed by atoms with van der Waals surface area (Å²) < 4.78 is 10.6. The summed E-state index contributed by atoms with van der Waals surface area (Å²) in [7, 11) is 5.39. The van der Waals surface area contributed by atoms with Gasteiger partial charge in [-0.25, -0.2) is 0 Å². The van der Waals surface area contributed by atoms with Crippen LogP contribution in [0, 0.1) is 0 Å². The van der Waals surface area contributed by atoms with Gasteiger partial charge >= 0.3 is 0 Å². The van der Waals surface area contributed by atoms with Crippen molar-refractivity contribution in [1.29, 1.82) is 0 Å². The molecular formula is C23H31N3O3. The van der Waals surface area contributed by atoms with Crippen molar-refractivity contribution in [2.75, 3.05) is 52.3 Å². The molecule has 2 aromatic carbocycles. The fourth-order valence-electron chi connectivity index (χ4n) is 3.47. The zero-order chi connectivity index (χ0) is 20.6. The topological polar surface area (TPSA) is 54.0 Å². The Morgan fingerprint density at radius 3 is 2.24 bits per heavy atom. The molecule has 0 aromatic heterocycles. The van der Waals surface area contributed by atoms with E-state index in [0.717, 1.165) is 37.3 Å². The number of anilines is 1. The molecule has 0 bridgehead atoms. The zero-order valence-electron chi connectivity index (χ0n) is 17.6. The Hall–Kier alpha value is -2.73. The number of aryl methyl sites for hydroxylation is 1. The van der Waals surface area contributed by atoms with Gasteiger partial charge in [-0.2, -0.15) is 0 Å². The van der Waals surface area contributed by atoms with Crippen LogP contribution in [0.4, 0.5) is 5.69 Å². The van der Waals surface area contributed by atoms with Crippen LogP contribution in [0.25, 0.3) is 0 Å². The van der Waals surface area contributed by atoms with E-state index >= 15 is 0 Å².